The van der Waals surface area contributed by atoms with Gasteiger partial charge in [0.2, 0.25) is 0 Å². The van der Waals surface area contributed by atoms with Crippen LogP contribution in [0.5, 0.6) is 5.75 Å². The fraction of sp³-hybridized carbons (Fsp3) is 0.294. The van der Waals surface area contributed by atoms with Gasteiger partial charge in [0.1, 0.15) is 5.75 Å². The zero-order valence-electron chi connectivity index (χ0n) is 12.0. The van der Waals surface area contributed by atoms with E-state index in [9.17, 15) is 0 Å². The third-order valence-electron chi connectivity index (χ3n) is 3.04. The predicted molar refractivity (Wildman–Crippen MR) is 79.3 cm³/mol. The van der Waals surface area contributed by atoms with Gasteiger partial charge >= 0.3 is 0 Å². The molecule has 0 amide bonds. The number of para-hydroxylation sites is 1. The van der Waals surface area contributed by atoms with Gasteiger partial charge in [-0.05, 0) is 25.5 Å². The topological polar surface area (TPSA) is 21.3 Å². The van der Waals surface area contributed by atoms with E-state index in [0.717, 1.165) is 18.8 Å². The van der Waals surface area contributed by atoms with Crippen molar-refractivity contribution in [1.82, 2.24) is 5.32 Å². The summed E-state index contributed by atoms with van der Waals surface area (Å²) in [4.78, 5) is 0. The molecule has 2 aromatic rings. The Morgan fingerprint density at radius 1 is 0.950 bits per heavy atom. The maximum Gasteiger partial charge on any atom is 0.123 e. The van der Waals surface area contributed by atoms with Crippen molar-refractivity contribution in [2.75, 3.05) is 6.61 Å². The monoisotopic (exact) mass is 290 g/mol. The standard InChI is InChI=1S/C17H21NO.ClH/c1-3-19-17-7-5-4-6-16(17)13-18-12-15-10-8-14(2)9-11-15;/h4-11,18H,3,12-13H2,1-2H3;1H/p-1. The van der Waals surface area contributed by atoms with Crippen LogP contribution >= 0.6 is 0 Å². The minimum atomic E-state index is 0. The number of hydrogen-bond donors (Lipinski definition) is 1. The average molecular weight is 291 g/mol. The van der Waals surface area contributed by atoms with Crippen molar-refractivity contribution in [1.29, 1.82) is 0 Å². The molecule has 1 N–H and O–H groups in total. The van der Waals surface area contributed by atoms with Crippen molar-refractivity contribution in [2.24, 2.45) is 0 Å². The third-order valence-corrected chi connectivity index (χ3v) is 3.04. The van der Waals surface area contributed by atoms with Crippen molar-refractivity contribution in [3.8, 4) is 5.75 Å². The largest absolute Gasteiger partial charge is 1.00 e. The molecular formula is C17H21ClNO-. The van der Waals surface area contributed by atoms with E-state index in [0.29, 0.717) is 6.61 Å². The number of halogens is 1. The molecule has 0 aliphatic rings. The molecule has 2 rings (SSSR count). The molecule has 0 radical (unpaired) electrons. The van der Waals surface area contributed by atoms with Crippen LogP contribution in [0, 0.1) is 6.92 Å². The van der Waals surface area contributed by atoms with Crippen molar-refractivity contribution in [2.45, 2.75) is 26.9 Å². The first-order valence-electron chi connectivity index (χ1n) is 6.76. The zero-order valence-corrected chi connectivity index (χ0v) is 12.8. The van der Waals surface area contributed by atoms with Gasteiger partial charge in [-0.2, -0.15) is 0 Å². The minimum absolute atomic E-state index is 0. The lowest BCUT2D eigenvalue weighted by molar-refractivity contribution is -0.00000452. The Morgan fingerprint density at radius 3 is 2.35 bits per heavy atom. The highest BCUT2D eigenvalue weighted by molar-refractivity contribution is 5.33. The molecule has 0 atom stereocenters. The Bertz CT molecular complexity index is 511. The van der Waals surface area contributed by atoms with Crippen LogP contribution in [0.2, 0.25) is 0 Å². The molecule has 0 spiro atoms. The van der Waals surface area contributed by atoms with Gasteiger partial charge in [-0.15, -0.1) is 0 Å². The van der Waals surface area contributed by atoms with Crippen LogP contribution < -0.4 is 22.5 Å². The fourth-order valence-corrected chi connectivity index (χ4v) is 1.99. The number of ether oxygens (including phenoxy) is 1. The summed E-state index contributed by atoms with van der Waals surface area (Å²) in [6.07, 6.45) is 0. The van der Waals surface area contributed by atoms with Crippen LogP contribution in [-0.4, -0.2) is 6.61 Å². The number of hydrogen-bond acceptors (Lipinski definition) is 2. The summed E-state index contributed by atoms with van der Waals surface area (Å²) in [5.74, 6) is 0.974. The van der Waals surface area contributed by atoms with Crippen LogP contribution in [-0.2, 0) is 13.1 Å². The molecule has 2 nitrogen and oxygen atoms in total. The molecular weight excluding hydrogens is 270 g/mol. The summed E-state index contributed by atoms with van der Waals surface area (Å²) in [6, 6.07) is 16.8. The van der Waals surface area contributed by atoms with Gasteiger partial charge in [0.25, 0.3) is 0 Å². The van der Waals surface area contributed by atoms with Gasteiger partial charge in [0.05, 0.1) is 6.61 Å². The molecule has 2 aromatic carbocycles. The normalized spacial score (nSPS) is 9.90. The molecule has 0 fully saturated rings. The van der Waals surface area contributed by atoms with Crippen LogP contribution in [0.25, 0.3) is 0 Å². The van der Waals surface area contributed by atoms with E-state index in [2.05, 4.69) is 42.6 Å². The second-order valence-electron chi connectivity index (χ2n) is 4.63. The summed E-state index contributed by atoms with van der Waals surface area (Å²) >= 11 is 0. The second kappa shape index (κ2) is 8.62. The molecule has 0 aliphatic heterocycles. The quantitative estimate of drug-likeness (QED) is 0.845. The fourth-order valence-electron chi connectivity index (χ4n) is 1.99. The van der Waals surface area contributed by atoms with Crippen molar-refractivity contribution in [3.05, 3.63) is 65.2 Å². The molecule has 0 heterocycles. The minimum Gasteiger partial charge on any atom is -1.00 e. The average Bonchev–Trinajstić information content (AvgIpc) is 2.43. The van der Waals surface area contributed by atoms with Gasteiger partial charge in [-0.1, -0.05) is 48.0 Å². The Labute approximate surface area is 127 Å². The van der Waals surface area contributed by atoms with Crippen LogP contribution in [0.1, 0.15) is 23.6 Å². The summed E-state index contributed by atoms with van der Waals surface area (Å²) in [5.41, 5.74) is 3.81. The van der Waals surface area contributed by atoms with Crippen LogP contribution in [0.15, 0.2) is 48.5 Å². The van der Waals surface area contributed by atoms with E-state index >= 15 is 0 Å². The lowest BCUT2D eigenvalue weighted by atomic mass is 10.1. The van der Waals surface area contributed by atoms with Crippen LogP contribution in [0.4, 0.5) is 0 Å². The molecule has 0 bridgehead atoms. The van der Waals surface area contributed by atoms with Gasteiger partial charge < -0.3 is 22.5 Å². The highest BCUT2D eigenvalue weighted by Crippen LogP contribution is 2.17. The summed E-state index contributed by atoms with van der Waals surface area (Å²) in [6.45, 7) is 6.52. The van der Waals surface area contributed by atoms with Crippen molar-refractivity contribution < 1.29 is 17.1 Å². The molecule has 108 valence electrons. The number of rotatable bonds is 6. The van der Waals surface area contributed by atoms with E-state index in [1.165, 1.54) is 16.7 Å². The van der Waals surface area contributed by atoms with Gasteiger partial charge in [-0.25, -0.2) is 0 Å². The lowest BCUT2D eigenvalue weighted by Gasteiger charge is -2.11. The molecule has 0 saturated heterocycles. The van der Waals surface area contributed by atoms with E-state index in [1.807, 2.05) is 25.1 Å². The molecule has 0 aromatic heterocycles. The molecule has 0 unspecified atom stereocenters. The maximum atomic E-state index is 5.62. The third kappa shape index (κ3) is 4.87. The Balaban J connectivity index is 0.00000200. The van der Waals surface area contributed by atoms with E-state index in [-0.39, 0.29) is 12.4 Å². The molecule has 0 aliphatic carbocycles. The van der Waals surface area contributed by atoms with Crippen molar-refractivity contribution in [3.63, 3.8) is 0 Å². The zero-order chi connectivity index (χ0) is 13.5. The van der Waals surface area contributed by atoms with Gasteiger partial charge in [0, 0.05) is 18.7 Å². The molecule has 0 saturated carbocycles. The van der Waals surface area contributed by atoms with Crippen LogP contribution in [0.3, 0.4) is 0 Å². The maximum absolute atomic E-state index is 5.62. The number of benzene rings is 2. The number of nitrogens with one attached hydrogen (secondary N) is 1. The predicted octanol–water partition coefficient (Wildman–Crippen LogP) is 0.688. The number of aryl methyl sites for hydroxylation is 1. The summed E-state index contributed by atoms with van der Waals surface area (Å²) in [7, 11) is 0. The molecule has 20 heavy (non-hydrogen) atoms. The first-order valence-corrected chi connectivity index (χ1v) is 6.76. The van der Waals surface area contributed by atoms with Gasteiger partial charge in [0.15, 0.2) is 0 Å². The lowest BCUT2D eigenvalue weighted by Crippen LogP contribution is -3.00. The van der Waals surface area contributed by atoms with E-state index in [1.54, 1.807) is 0 Å². The molecule has 3 heteroatoms. The SMILES string of the molecule is CCOc1ccccc1CNCc1ccc(C)cc1.[Cl-]. The Morgan fingerprint density at radius 2 is 1.65 bits per heavy atom. The summed E-state index contributed by atoms with van der Waals surface area (Å²) < 4.78 is 5.62. The Hall–Kier alpha value is -1.51. The Kier molecular flexibility index (Phi) is 7.13. The second-order valence-corrected chi connectivity index (χ2v) is 4.63. The van der Waals surface area contributed by atoms with Gasteiger partial charge in [-0.3, -0.25) is 0 Å². The van der Waals surface area contributed by atoms with E-state index < -0.39 is 0 Å². The highest BCUT2D eigenvalue weighted by atomic mass is 35.5. The summed E-state index contributed by atoms with van der Waals surface area (Å²) in [5, 5.41) is 3.46. The van der Waals surface area contributed by atoms with Crippen molar-refractivity contribution >= 4 is 0 Å². The van der Waals surface area contributed by atoms with E-state index in [4.69, 9.17) is 4.74 Å². The first kappa shape index (κ1) is 16.5. The first-order chi connectivity index (χ1) is 9.29. The highest BCUT2D eigenvalue weighted by Gasteiger charge is 2.01. The smallest absolute Gasteiger partial charge is 0.123 e.